The largest absolute Gasteiger partial charge is 0.493 e. The fraction of sp³-hybridized carbons (Fsp3) is 0.333. The van der Waals surface area contributed by atoms with Gasteiger partial charge in [-0.3, -0.25) is 4.79 Å². The van der Waals surface area contributed by atoms with Gasteiger partial charge in [0.15, 0.2) is 23.0 Å². The number of carbonyl (C=O) groups excluding carboxylic acids is 2. The van der Waals surface area contributed by atoms with Crippen molar-refractivity contribution in [2.75, 3.05) is 48.2 Å². The predicted octanol–water partition coefficient (Wildman–Crippen LogP) is 4.72. The summed E-state index contributed by atoms with van der Waals surface area (Å²) < 4.78 is 33.0. The standard InChI is InChI=1S/C30H33NO8/c1-6-38-30(33)19-7-10-22(11-8-19)39-18-24-23-17-28(37-5)27(36-4)15-20(23)13-14-31(24)29(32)21-9-12-25(34-2)26(16-21)35-3/h7-12,15-17,24H,6,13-14,18H2,1-5H3. The maximum atomic E-state index is 13.8. The zero-order valence-corrected chi connectivity index (χ0v) is 22.8. The highest BCUT2D eigenvalue weighted by molar-refractivity contribution is 5.95. The number of ether oxygens (including phenoxy) is 6. The van der Waals surface area contributed by atoms with Crippen molar-refractivity contribution >= 4 is 11.9 Å². The maximum absolute atomic E-state index is 13.8. The van der Waals surface area contributed by atoms with Gasteiger partial charge in [0.2, 0.25) is 0 Å². The first-order chi connectivity index (χ1) is 18.9. The summed E-state index contributed by atoms with van der Waals surface area (Å²) >= 11 is 0. The van der Waals surface area contributed by atoms with Crippen LogP contribution < -0.4 is 23.7 Å². The molecule has 1 heterocycles. The number of fused-ring (bicyclic) bond motifs is 1. The van der Waals surface area contributed by atoms with E-state index in [9.17, 15) is 9.59 Å². The zero-order valence-electron chi connectivity index (χ0n) is 22.8. The first-order valence-corrected chi connectivity index (χ1v) is 12.6. The second kappa shape index (κ2) is 12.4. The van der Waals surface area contributed by atoms with Gasteiger partial charge in [-0.25, -0.2) is 4.79 Å². The van der Waals surface area contributed by atoms with Gasteiger partial charge in [-0.15, -0.1) is 0 Å². The third-order valence-electron chi connectivity index (χ3n) is 6.67. The Hall–Kier alpha value is -4.40. The summed E-state index contributed by atoms with van der Waals surface area (Å²) in [5.74, 6) is 2.23. The van der Waals surface area contributed by atoms with E-state index in [4.69, 9.17) is 28.4 Å². The second-order valence-electron chi connectivity index (χ2n) is 8.80. The average Bonchev–Trinajstić information content (AvgIpc) is 2.98. The number of methoxy groups -OCH3 is 4. The van der Waals surface area contributed by atoms with Crippen molar-refractivity contribution in [2.24, 2.45) is 0 Å². The van der Waals surface area contributed by atoms with E-state index < -0.39 is 12.0 Å². The lowest BCUT2D eigenvalue weighted by Gasteiger charge is -2.37. The van der Waals surface area contributed by atoms with E-state index in [0.29, 0.717) is 59.4 Å². The highest BCUT2D eigenvalue weighted by atomic mass is 16.5. The minimum absolute atomic E-state index is 0.164. The van der Waals surface area contributed by atoms with Gasteiger partial charge in [-0.05, 0) is 79.1 Å². The monoisotopic (exact) mass is 535 g/mol. The number of carbonyl (C=O) groups is 2. The molecule has 0 aromatic heterocycles. The summed E-state index contributed by atoms with van der Waals surface area (Å²) in [6, 6.07) is 15.3. The quantitative estimate of drug-likeness (QED) is 0.345. The number of benzene rings is 3. The van der Waals surface area contributed by atoms with Crippen molar-refractivity contribution in [3.8, 4) is 28.7 Å². The Bertz CT molecular complexity index is 1320. The summed E-state index contributed by atoms with van der Waals surface area (Å²) in [6.07, 6.45) is 0.638. The second-order valence-corrected chi connectivity index (χ2v) is 8.80. The van der Waals surface area contributed by atoms with Gasteiger partial charge in [0.05, 0.1) is 46.7 Å². The molecule has 0 N–H and O–H groups in total. The van der Waals surface area contributed by atoms with Crippen LogP contribution in [-0.4, -0.2) is 65.0 Å². The van der Waals surface area contributed by atoms with E-state index in [0.717, 1.165) is 11.1 Å². The van der Waals surface area contributed by atoms with E-state index in [1.807, 2.05) is 12.1 Å². The fourth-order valence-electron chi connectivity index (χ4n) is 4.66. The molecule has 9 nitrogen and oxygen atoms in total. The van der Waals surface area contributed by atoms with Crippen LogP contribution in [0.4, 0.5) is 0 Å². The molecule has 4 rings (SSSR count). The SMILES string of the molecule is CCOC(=O)c1ccc(OCC2c3cc(OC)c(OC)cc3CCN2C(=O)c2ccc(OC)c(OC)c2)cc1. The molecule has 9 heteroatoms. The van der Waals surface area contributed by atoms with E-state index in [-0.39, 0.29) is 12.5 Å². The molecule has 1 unspecified atom stereocenters. The molecular formula is C30H33NO8. The molecule has 0 bridgehead atoms. The Morgan fingerprint density at radius 2 is 1.41 bits per heavy atom. The number of hydrogen-bond acceptors (Lipinski definition) is 8. The number of hydrogen-bond donors (Lipinski definition) is 0. The van der Waals surface area contributed by atoms with E-state index in [2.05, 4.69) is 0 Å². The predicted molar refractivity (Wildman–Crippen MR) is 144 cm³/mol. The molecular weight excluding hydrogens is 502 g/mol. The molecule has 39 heavy (non-hydrogen) atoms. The Balaban J connectivity index is 1.66. The van der Waals surface area contributed by atoms with Gasteiger partial charge in [0, 0.05) is 12.1 Å². The lowest BCUT2D eigenvalue weighted by molar-refractivity contribution is 0.0524. The summed E-state index contributed by atoms with van der Waals surface area (Å²) in [4.78, 5) is 27.6. The summed E-state index contributed by atoms with van der Waals surface area (Å²) in [5.41, 5.74) is 2.88. The molecule has 1 aliphatic heterocycles. The number of rotatable bonds is 10. The molecule has 0 saturated heterocycles. The lowest BCUT2D eigenvalue weighted by atomic mass is 9.91. The smallest absolute Gasteiger partial charge is 0.338 e. The minimum atomic E-state index is -0.418. The Labute approximate surface area is 228 Å². The van der Waals surface area contributed by atoms with Crippen LogP contribution >= 0.6 is 0 Å². The van der Waals surface area contributed by atoms with Gasteiger partial charge < -0.3 is 33.3 Å². The van der Waals surface area contributed by atoms with E-state index >= 15 is 0 Å². The zero-order chi connectivity index (χ0) is 27.9. The Morgan fingerprint density at radius 3 is 2.05 bits per heavy atom. The third-order valence-corrected chi connectivity index (χ3v) is 6.67. The highest BCUT2D eigenvalue weighted by Crippen LogP contribution is 2.39. The van der Waals surface area contributed by atoms with Gasteiger partial charge in [0.25, 0.3) is 5.91 Å². The van der Waals surface area contributed by atoms with Crippen molar-refractivity contribution in [3.63, 3.8) is 0 Å². The minimum Gasteiger partial charge on any atom is -0.493 e. The average molecular weight is 536 g/mol. The van der Waals surface area contributed by atoms with Crippen molar-refractivity contribution < 1.29 is 38.0 Å². The lowest BCUT2D eigenvalue weighted by Crippen LogP contribution is -2.42. The molecule has 1 amide bonds. The molecule has 0 aliphatic carbocycles. The molecule has 0 fully saturated rings. The fourth-order valence-corrected chi connectivity index (χ4v) is 4.66. The first kappa shape index (κ1) is 27.6. The first-order valence-electron chi connectivity index (χ1n) is 12.6. The Morgan fingerprint density at radius 1 is 0.795 bits per heavy atom. The molecule has 0 saturated carbocycles. The Kier molecular flexibility index (Phi) is 8.81. The van der Waals surface area contributed by atoms with Crippen LogP contribution in [-0.2, 0) is 11.2 Å². The molecule has 1 atom stereocenters. The summed E-state index contributed by atoms with van der Waals surface area (Å²) in [7, 11) is 6.26. The van der Waals surface area contributed by atoms with Crippen LogP contribution in [0.25, 0.3) is 0 Å². The summed E-state index contributed by atoms with van der Waals surface area (Å²) in [6.45, 7) is 2.72. The number of nitrogens with zero attached hydrogens (tertiary/aromatic N) is 1. The van der Waals surface area contributed by atoms with E-state index in [1.165, 1.54) is 7.11 Å². The highest BCUT2D eigenvalue weighted by Gasteiger charge is 2.33. The van der Waals surface area contributed by atoms with Crippen LogP contribution in [0.5, 0.6) is 28.7 Å². The number of amides is 1. The van der Waals surface area contributed by atoms with Crippen molar-refractivity contribution in [1.82, 2.24) is 4.90 Å². The van der Waals surface area contributed by atoms with Crippen LogP contribution in [0.1, 0.15) is 44.8 Å². The topological polar surface area (TPSA) is 92.8 Å². The molecule has 3 aromatic rings. The molecule has 0 spiro atoms. The van der Waals surface area contributed by atoms with Gasteiger partial charge in [-0.2, -0.15) is 0 Å². The van der Waals surface area contributed by atoms with Crippen LogP contribution in [0.3, 0.4) is 0 Å². The van der Waals surface area contributed by atoms with Gasteiger partial charge in [0.1, 0.15) is 12.4 Å². The molecule has 3 aromatic carbocycles. The van der Waals surface area contributed by atoms with Gasteiger partial charge >= 0.3 is 5.97 Å². The molecule has 0 radical (unpaired) electrons. The summed E-state index contributed by atoms with van der Waals surface area (Å²) in [5, 5.41) is 0. The van der Waals surface area contributed by atoms with Crippen molar-refractivity contribution in [2.45, 2.75) is 19.4 Å². The number of esters is 1. The normalized spacial score (nSPS) is 14.2. The third kappa shape index (κ3) is 5.87. The van der Waals surface area contributed by atoms with Crippen molar-refractivity contribution in [1.29, 1.82) is 0 Å². The molecule has 1 aliphatic rings. The van der Waals surface area contributed by atoms with Gasteiger partial charge in [-0.1, -0.05) is 0 Å². The van der Waals surface area contributed by atoms with Crippen LogP contribution in [0.2, 0.25) is 0 Å². The molecule has 206 valence electrons. The maximum Gasteiger partial charge on any atom is 0.338 e. The van der Waals surface area contributed by atoms with E-state index in [1.54, 1.807) is 75.6 Å². The van der Waals surface area contributed by atoms with Crippen LogP contribution in [0, 0.1) is 0 Å². The van der Waals surface area contributed by atoms with Crippen molar-refractivity contribution in [3.05, 3.63) is 76.9 Å². The van der Waals surface area contributed by atoms with Crippen LogP contribution in [0.15, 0.2) is 54.6 Å².